The molecule has 0 radical (unpaired) electrons. The van der Waals surface area contributed by atoms with Crippen LogP contribution in [0.4, 0.5) is 4.39 Å². The first-order chi connectivity index (χ1) is 10.8. The fraction of sp³-hybridized carbons (Fsp3) is 0.412. The van der Waals surface area contributed by atoms with Crippen molar-refractivity contribution in [2.24, 2.45) is 0 Å². The number of hydrogen-bond donors (Lipinski definition) is 1. The smallest absolute Gasteiger partial charge is 0.165 e. The Labute approximate surface area is 134 Å². The Kier molecular flexibility index (Phi) is 5.08. The molecule has 5 heteroatoms. The summed E-state index contributed by atoms with van der Waals surface area (Å²) < 4.78 is 19.2. The number of halogens is 1. The second-order valence-electron chi connectivity index (χ2n) is 5.49. The van der Waals surface area contributed by atoms with E-state index in [0.717, 1.165) is 38.2 Å². The summed E-state index contributed by atoms with van der Waals surface area (Å²) in [6.07, 6.45) is 1.11. The van der Waals surface area contributed by atoms with E-state index in [2.05, 4.69) is 27.0 Å². The van der Waals surface area contributed by atoms with Crippen molar-refractivity contribution in [3.63, 3.8) is 0 Å². The van der Waals surface area contributed by atoms with E-state index in [-0.39, 0.29) is 11.9 Å². The minimum Gasteiger partial charge on any atom is -0.494 e. The first kappa shape index (κ1) is 15.5. The lowest BCUT2D eigenvalue weighted by atomic mass is 9.99. The lowest BCUT2D eigenvalue weighted by molar-refractivity contribution is 0.241. The Hall–Kier alpha value is -1.43. The van der Waals surface area contributed by atoms with Crippen LogP contribution in [-0.4, -0.2) is 38.2 Å². The van der Waals surface area contributed by atoms with E-state index in [4.69, 9.17) is 4.74 Å². The molecule has 1 fully saturated rings. The minimum absolute atomic E-state index is 0.103. The highest BCUT2D eigenvalue weighted by atomic mass is 32.1. The normalized spacial score (nSPS) is 17.9. The van der Waals surface area contributed by atoms with Crippen molar-refractivity contribution >= 4 is 11.3 Å². The number of nitrogens with zero attached hydrogens (tertiary/aromatic N) is 1. The molecule has 0 saturated carbocycles. The van der Waals surface area contributed by atoms with Gasteiger partial charge in [0.15, 0.2) is 11.6 Å². The average Bonchev–Trinajstić information content (AvgIpc) is 2.91. The van der Waals surface area contributed by atoms with Crippen LogP contribution in [-0.2, 0) is 0 Å². The summed E-state index contributed by atoms with van der Waals surface area (Å²) in [5, 5.41) is 7.66. The molecule has 0 amide bonds. The molecule has 1 atom stereocenters. The van der Waals surface area contributed by atoms with E-state index in [1.807, 2.05) is 6.07 Å². The summed E-state index contributed by atoms with van der Waals surface area (Å²) in [4.78, 5) is 2.43. The maximum atomic E-state index is 14.1. The number of hydrogen-bond acceptors (Lipinski definition) is 4. The van der Waals surface area contributed by atoms with Gasteiger partial charge in [-0.15, -0.1) is 0 Å². The van der Waals surface area contributed by atoms with Gasteiger partial charge in [-0.2, -0.15) is 11.3 Å². The van der Waals surface area contributed by atoms with E-state index in [1.165, 1.54) is 12.7 Å². The van der Waals surface area contributed by atoms with Crippen molar-refractivity contribution < 1.29 is 9.13 Å². The predicted molar refractivity (Wildman–Crippen MR) is 88.2 cm³/mol. The average molecular weight is 320 g/mol. The standard InChI is InChI=1S/C17H21FN2OS/c1-21-16-4-3-13(11-15(16)18)17(14-5-10-22-12-14)20-8-2-6-19-7-9-20/h3-5,10-12,17,19H,2,6-9H2,1H3. The number of ether oxygens (including phenoxy) is 1. The molecule has 1 N–H and O–H groups in total. The number of methoxy groups -OCH3 is 1. The molecule has 1 aromatic carbocycles. The van der Waals surface area contributed by atoms with Gasteiger partial charge in [0.1, 0.15) is 0 Å². The molecule has 1 aromatic heterocycles. The van der Waals surface area contributed by atoms with Crippen LogP contribution in [0.15, 0.2) is 35.0 Å². The lowest BCUT2D eigenvalue weighted by Crippen LogP contribution is -2.32. The molecule has 22 heavy (non-hydrogen) atoms. The summed E-state index contributed by atoms with van der Waals surface area (Å²) >= 11 is 1.68. The van der Waals surface area contributed by atoms with Crippen molar-refractivity contribution in [3.8, 4) is 5.75 Å². The van der Waals surface area contributed by atoms with E-state index < -0.39 is 0 Å². The molecule has 3 nitrogen and oxygen atoms in total. The molecular formula is C17H21FN2OS. The Morgan fingerprint density at radius 1 is 1.23 bits per heavy atom. The summed E-state index contributed by atoms with van der Waals surface area (Å²) in [6, 6.07) is 7.55. The van der Waals surface area contributed by atoms with Crippen molar-refractivity contribution in [1.82, 2.24) is 10.2 Å². The molecule has 1 unspecified atom stereocenters. The highest BCUT2D eigenvalue weighted by Crippen LogP contribution is 2.32. The second kappa shape index (κ2) is 7.22. The number of nitrogens with one attached hydrogen (secondary N) is 1. The fourth-order valence-corrected chi connectivity index (χ4v) is 3.70. The highest BCUT2D eigenvalue weighted by molar-refractivity contribution is 7.08. The third kappa shape index (κ3) is 3.32. The number of rotatable bonds is 4. The van der Waals surface area contributed by atoms with Crippen LogP contribution in [0.5, 0.6) is 5.75 Å². The zero-order valence-corrected chi connectivity index (χ0v) is 13.5. The summed E-state index contributed by atoms with van der Waals surface area (Å²) in [6.45, 7) is 4.00. The molecule has 0 aliphatic carbocycles. The Morgan fingerprint density at radius 2 is 2.14 bits per heavy atom. The van der Waals surface area contributed by atoms with E-state index in [0.29, 0.717) is 5.75 Å². The van der Waals surface area contributed by atoms with Crippen molar-refractivity contribution in [2.75, 3.05) is 33.3 Å². The van der Waals surface area contributed by atoms with Crippen molar-refractivity contribution in [2.45, 2.75) is 12.5 Å². The van der Waals surface area contributed by atoms with Crippen LogP contribution in [0.1, 0.15) is 23.6 Å². The quantitative estimate of drug-likeness (QED) is 0.936. The van der Waals surface area contributed by atoms with Gasteiger partial charge in [-0.3, -0.25) is 4.90 Å². The molecule has 1 saturated heterocycles. The van der Waals surface area contributed by atoms with Gasteiger partial charge in [0, 0.05) is 19.6 Å². The topological polar surface area (TPSA) is 24.5 Å². The first-order valence-corrected chi connectivity index (χ1v) is 8.54. The monoisotopic (exact) mass is 320 g/mol. The van der Waals surface area contributed by atoms with Crippen LogP contribution >= 0.6 is 11.3 Å². The largest absolute Gasteiger partial charge is 0.494 e. The molecule has 1 aliphatic heterocycles. The molecular weight excluding hydrogens is 299 g/mol. The van der Waals surface area contributed by atoms with Crippen molar-refractivity contribution in [3.05, 3.63) is 52.0 Å². The van der Waals surface area contributed by atoms with Crippen LogP contribution < -0.4 is 10.1 Å². The van der Waals surface area contributed by atoms with Gasteiger partial charge in [0.2, 0.25) is 0 Å². The van der Waals surface area contributed by atoms with Crippen molar-refractivity contribution in [1.29, 1.82) is 0 Å². The summed E-state index contributed by atoms with van der Waals surface area (Å²) in [5.74, 6) is -0.00136. The number of thiophene rings is 1. The second-order valence-corrected chi connectivity index (χ2v) is 6.27. The molecule has 0 bridgehead atoms. The fourth-order valence-electron chi connectivity index (χ4n) is 3.02. The van der Waals surface area contributed by atoms with Crippen LogP contribution in [0.3, 0.4) is 0 Å². The molecule has 2 aromatic rings. The maximum absolute atomic E-state index is 14.1. The van der Waals surface area contributed by atoms with Gasteiger partial charge in [-0.1, -0.05) is 6.07 Å². The van der Waals surface area contributed by atoms with Gasteiger partial charge in [-0.25, -0.2) is 4.39 Å². The SMILES string of the molecule is COc1ccc(C(c2ccsc2)N2CCCNCC2)cc1F. The van der Waals surface area contributed by atoms with E-state index in [9.17, 15) is 4.39 Å². The van der Waals surface area contributed by atoms with Gasteiger partial charge in [0.25, 0.3) is 0 Å². The van der Waals surface area contributed by atoms with Crippen LogP contribution in [0.25, 0.3) is 0 Å². The third-order valence-corrected chi connectivity index (χ3v) is 4.79. The maximum Gasteiger partial charge on any atom is 0.165 e. The number of benzene rings is 1. The molecule has 118 valence electrons. The highest BCUT2D eigenvalue weighted by Gasteiger charge is 2.24. The summed E-state index contributed by atoms with van der Waals surface area (Å²) in [5.41, 5.74) is 2.22. The first-order valence-electron chi connectivity index (χ1n) is 7.60. The zero-order valence-electron chi connectivity index (χ0n) is 12.7. The summed E-state index contributed by atoms with van der Waals surface area (Å²) in [7, 11) is 1.49. The predicted octanol–water partition coefficient (Wildman–Crippen LogP) is 3.28. The molecule has 2 heterocycles. The van der Waals surface area contributed by atoms with Crippen LogP contribution in [0, 0.1) is 5.82 Å². The van der Waals surface area contributed by atoms with Gasteiger partial charge < -0.3 is 10.1 Å². The van der Waals surface area contributed by atoms with E-state index >= 15 is 0 Å². The molecule has 1 aliphatic rings. The zero-order chi connectivity index (χ0) is 15.4. The van der Waals surface area contributed by atoms with Crippen LogP contribution in [0.2, 0.25) is 0 Å². The van der Waals surface area contributed by atoms with Gasteiger partial charge >= 0.3 is 0 Å². The van der Waals surface area contributed by atoms with E-state index in [1.54, 1.807) is 23.5 Å². The molecule has 0 spiro atoms. The Morgan fingerprint density at radius 3 is 2.86 bits per heavy atom. The minimum atomic E-state index is -0.298. The third-order valence-electron chi connectivity index (χ3n) is 4.09. The molecule has 3 rings (SSSR count). The van der Waals surface area contributed by atoms with Gasteiger partial charge in [-0.05, 0) is 53.1 Å². The Bertz CT molecular complexity index is 595. The lowest BCUT2D eigenvalue weighted by Gasteiger charge is -2.30. The Balaban J connectivity index is 1.96. The van der Waals surface area contributed by atoms with Gasteiger partial charge in [0.05, 0.1) is 13.2 Å².